The number of H-pyrrole nitrogens is 1. The van der Waals surface area contributed by atoms with E-state index in [4.69, 9.17) is 9.47 Å². The predicted molar refractivity (Wildman–Crippen MR) is 104 cm³/mol. The van der Waals surface area contributed by atoms with Gasteiger partial charge in [-0.15, -0.1) is 5.10 Å². The SMILES string of the molecule is COc1ccc(-c2cn(Cc3cn([C@H]4C[C@H](O)[C@@H](CO)O4)c(=O)[nH]c3=O)nn2)cc1. The lowest BCUT2D eigenvalue weighted by molar-refractivity contribution is -0.0460. The maximum absolute atomic E-state index is 12.3. The van der Waals surface area contributed by atoms with Gasteiger partial charge >= 0.3 is 5.69 Å². The van der Waals surface area contributed by atoms with E-state index in [2.05, 4.69) is 15.3 Å². The molecular formula is C19H21N5O6. The molecule has 2 aromatic heterocycles. The van der Waals surface area contributed by atoms with Gasteiger partial charge < -0.3 is 19.7 Å². The van der Waals surface area contributed by atoms with Crippen LogP contribution >= 0.6 is 0 Å². The average molecular weight is 415 g/mol. The van der Waals surface area contributed by atoms with Crippen molar-refractivity contribution in [2.24, 2.45) is 0 Å². The van der Waals surface area contributed by atoms with Gasteiger partial charge in [-0.3, -0.25) is 14.3 Å². The lowest BCUT2D eigenvalue weighted by Gasteiger charge is -2.15. The lowest BCUT2D eigenvalue weighted by atomic mass is 10.1. The number of benzene rings is 1. The molecule has 30 heavy (non-hydrogen) atoms. The fourth-order valence-corrected chi connectivity index (χ4v) is 3.35. The van der Waals surface area contributed by atoms with Gasteiger partial charge in [0.1, 0.15) is 23.8 Å². The van der Waals surface area contributed by atoms with Gasteiger partial charge in [0.25, 0.3) is 5.56 Å². The summed E-state index contributed by atoms with van der Waals surface area (Å²) in [5.41, 5.74) is 0.526. The van der Waals surface area contributed by atoms with Gasteiger partial charge in [-0.1, -0.05) is 5.21 Å². The molecule has 11 nitrogen and oxygen atoms in total. The first-order valence-corrected chi connectivity index (χ1v) is 9.31. The number of nitrogens with zero attached hydrogens (tertiary/aromatic N) is 4. The smallest absolute Gasteiger partial charge is 0.330 e. The second kappa shape index (κ2) is 8.22. The molecule has 3 aromatic rings. The summed E-state index contributed by atoms with van der Waals surface area (Å²) < 4.78 is 13.3. The van der Waals surface area contributed by atoms with Gasteiger partial charge in [0.15, 0.2) is 0 Å². The van der Waals surface area contributed by atoms with Crippen LogP contribution < -0.4 is 16.0 Å². The van der Waals surface area contributed by atoms with Crippen LogP contribution in [0.25, 0.3) is 11.3 Å². The van der Waals surface area contributed by atoms with Crippen molar-refractivity contribution in [3.63, 3.8) is 0 Å². The highest BCUT2D eigenvalue weighted by atomic mass is 16.5. The molecular weight excluding hydrogens is 394 g/mol. The highest BCUT2D eigenvalue weighted by Gasteiger charge is 2.35. The molecule has 0 amide bonds. The monoisotopic (exact) mass is 415 g/mol. The summed E-state index contributed by atoms with van der Waals surface area (Å²) >= 11 is 0. The summed E-state index contributed by atoms with van der Waals surface area (Å²) in [6, 6.07) is 7.32. The van der Waals surface area contributed by atoms with E-state index in [1.165, 1.54) is 15.4 Å². The maximum Gasteiger partial charge on any atom is 0.330 e. The second-order valence-corrected chi connectivity index (χ2v) is 6.97. The van der Waals surface area contributed by atoms with Gasteiger partial charge in [-0.25, -0.2) is 9.48 Å². The third kappa shape index (κ3) is 3.90. The Morgan fingerprint density at radius 3 is 2.70 bits per heavy atom. The topological polar surface area (TPSA) is 144 Å². The Bertz CT molecular complexity index is 1140. The summed E-state index contributed by atoms with van der Waals surface area (Å²) in [5.74, 6) is 0.725. The third-order valence-corrected chi connectivity index (χ3v) is 4.99. The minimum absolute atomic E-state index is 0.0808. The molecule has 3 heterocycles. The van der Waals surface area contributed by atoms with Crippen molar-refractivity contribution in [2.45, 2.75) is 31.4 Å². The number of aliphatic hydroxyl groups is 2. The minimum atomic E-state index is -0.898. The Balaban J connectivity index is 1.57. The van der Waals surface area contributed by atoms with Crippen LogP contribution in [0, 0.1) is 0 Å². The lowest BCUT2D eigenvalue weighted by Crippen LogP contribution is -2.34. The van der Waals surface area contributed by atoms with Crippen LogP contribution in [0.15, 0.2) is 46.2 Å². The van der Waals surface area contributed by atoms with Crippen LogP contribution in [0.4, 0.5) is 0 Å². The zero-order valence-electron chi connectivity index (χ0n) is 16.1. The zero-order valence-corrected chi connectivity index (χ0v) is 16.1. The average Bonchev–Trinajstić information content (AvgIpc) is 3.36. The van der Waals surface area contributed by atoms with E-state index in [9.17, 15) is 19.8 Å². The number of hydrogen-bond donors (Lipinski definition) is 3. The molecule has 158 valence electrons. The van der Waals surface area contributed by atoms with Gasteiger partial charge in [0, 0.05) is 18.2 Å². The highest BCUT2D eigenvalue weighted by Crippen LogP contribution is 2.27. The molecule has 4 rings (SSSR count). The van der Waals surface area contributed by atoms with Crippen molar-refractivity contribution in [2.75, 3.05) is 13.7 Å². The van der Waals surface area contributed by atoms with Gasteiger partial charge in [-0.2, -0.15) is 0 Å². The summed E-state index contributed by atoms with van der Waals surface area (Å²) in [5, 5.41) is 27.3. The van der Waals surface area contributed by atoms with Crippen molar-refractivity contribution in [3.8, 4) is 17.0 Å². The van der Waals surface area contributed by atoms with Crippen LogP contribution in [0.3, 0.4) is 0 Å². The Labute approximate surface area is 170 Å². The molecule has 1 fully saturated rings. The van der Waals surface area contributed by atoms with E-state index in [-0.39, 0.29) is 25.1 Å². The Morgan fingerprint density at radius 2 is 2.03 bits per heavy atom. The molecule has 3 N–H and O–H groups in total. The first kappa shape index (κ1) is 20.0. The van der Waals surface area contributed by atoms with Crippen LogP contribution in [0.5, 0.6) is 5.75 Å². The van der Waals surface area contributed by atoms with E-state index in [0.29, 0.717) is 5.69 Å². The summed E-state index contributed by atoms with van der Waals surface area (Å²) in [6.07, 6.45) is 0.735. The summed E-state index contributed by atoms with van der Waals surface area (Å²) in [6.45, 7) is -0.285. The molecule has 1 aliphatic rings. The molecule has 0 saturated carbocycles. The number of ether oxygens (including phenoxy) is 2. The van der Waals surface area contributed by atoms with Crippen molar-refractivity contribution in [1.82, 2.24) is 24.5 Å². The predicted octanol–water partition coefficient (Wildman–Crippen LogP) is -0.507. The standard InChI is InChI=1S/C19H21N5O6/c1-29-13-4-2-11(3-5-13)14-9-23(22-21-14)7-12-8-24(19(28)20-18(12)27)17-6-15(26)16(10-25)30-17/h2-5,8-9,15-17,25-26H,6-7,10H2,1H3,(H,20,27,28)/t15-,16+,17+/m0/s1. The third-order valence-electron chi connectivity index (χ3n) is 4.99. The number of rotatable bonds is 6. The fraction of sp³-hybridized carbons (Fsp3) is 0.368. The van der Waals surface area contributed by atoms with E-state index in [1.54, 1.807) is 13.3 Å². The van der Waals surface area contributed by atoms with E-state index in [1.807, 2.05) is 24.3 Å². The van der Waals surface area contributed by atoms with E-state index >= 15 is 0 Å². The van der Waals surface area contributed by atoms with Gasteiger partial charge in [0.2, 0.25) is 0 Å². The number of aromatic amines is 1. The van der Waals surface area contributed by atoms with Gasteiger partial charge in [-0.05, 0) is 24.3 Å². The fourth-order valence-electron chi connectivity index (χ4n) is 3.35. The van der Waals surface area contributed by atoms with E-state index < -0.39 is 29.7 Å². The van der Waals surface area contributed by atoms with Crippen LogP contribution in [0.1, 0.15) is 18.2 Å². The molecule has 0 bridgehead atoms. The second-order valence-electron chi connectivity index (χ2n) is 6.97. The number of hydrogen-bond acceptors (Lipinski definition) is 8. The molecule has 11 heteroatoms. The summed E-state index contributed by atoms with van der Waals surface area (Å²) in [4.78, 5) is 26.7. The quantitative estimate of drug-likeness (QED) is 0.488. The van der Waals surface area contributed by atoms with Gasteiger partial charge in [0.05, 0.1) is 38.1 Å². The zero-order chi connectivity index (χ0) is 21.3. The Morgan fingerprint density at radius 1 is 1.27 bits per heavy atom. The number of aliphatic hydroxyl groups excluding tert-OH is 2. The van der Waals surface area contributed by atoms with Crippen LogP contribution in [0.2, 0.25) is 0 Å². The number of methoxy groups -OCH3 is 1. The Kier molecular flexibility index (Phi) is 5.48. The largest absolute Gasteiger partial charge is 0.497 e. The molecule has 0 unspecified atom stereocenters. The number of nitrogens with one attached hydrogen (secondary N) is 1. The van der Waals surface area contributed by atoms with Crippen molar-refractivity contribution >= 4 is 0 Å². The van der Waals surface area contributed by atoms with Crippen molar-refractivity contribution in [1.29, 1.82) is 0 Å². The normalized spacial score (nSPS) is 21.1. The number of aromatic nitrogens is 5. The minimum Gasteiger partial charge on any atom is -0.497 e. The molecule has 0 aliphatic carbocycles. The van der Waals surface area contributed by atoms with E-state index in [0.717, 1.165) is 11.3 Å². The first-order chi connectivity index (χ1) is 14.5. The summed E-state index contributed by atoms with van der Waals surface area (Å²) in [7, 11) is 1.59. The maximum atomic E-state index is 12.3. The molecule has 0 spiro atoms. The molecule has 1 aromatic carbocycles. The first-order valence-electron chi connectivity index (χ1n) is 9.31. The molecule has 1 saturated heterocycles. The van der Waals surface area contributed by atoms with Crippen LogP contribution in [-0.2, 0) is 11.3 Å². The van der Waals surface area contributed by atoms with Crippen LogP contribution in [-0.4, -0.2) is 60.7 Å². The highest BCUT2D eigenvalue weighted by molar-refractivity contribution is 5.58. The molecule has 1 aliphatic heterocycles. The van der Waals surface area contributed by atoms with Crippen molar-refractivity contribution < 1.29 is 19.7 Å². The Hall–Kier alpha value is -3.28. The molecule has 3 atom stereocenters. The molecule has 0 radical (unpaired) electrons. The van der Waals surface area contributed by atoms with Crippen molar-refractivity contribution in [3.05, 3.63) is 63.1 Å².